The van der Waals surface area contributed by atoms with Crippen LogP contribution in [-0.4, -0.2) is 39.9 Å². The number of nitrogens with one attached hydrogen (secondary N) is 1. The molecule has 1 fully saturated rings. The van der Waals surface area contributed by atoms with Crippen molar-refractivity contribution in [3.05, 3.63) is 76.5 Å². The van der Waals surface area contributed by atoms with Gasteiger partial charge in [0.2, 0.25) is 5.91 Å². The highest BCUT2D eigenvalue weighted by molar-refractivity contribution is 7.18. The molecule has 5 rings (SSSR count). The summed E-state index contributed by atoms with van der Waals surface area (Å²) in [6.45, 7) is 4.96. The highest BCUT2D eigenvalue weighted by Crippen LogP contribution is 2.35. The number of piperidine rings is 1. The maximum Gasteiger partial charge on any atom is 0.287 e. The first-order valence-corrected chi connectivity index (χ1v) is 12.5. The van der Waals surface area contributed by atoms with Crippen molar-refractivity contribution < 1.29 is 19.1 Å². The molecule has 0 radical (unpaired) electrons. The average Bonchev–Trinajstić information content (AvgIpc) is 3.50. The molecule has 3 heterocycles. The summed E-state index contributed by atoms with van der Waals surface area (Å²) in [5.74, 6) is -0.0827. The van der Waals surface area contributed by atoms with Crippen LogP contribution in [0.25, 0.3) is 21.2 Å². The molecule has 1 aliphatic rings. The molecule has 35 heavy (non-hydrogen) atoms. The van der Waals surface area contributed by atoms with Crippen molar-refractivity contribution in [1.82, 2.24) is 15.2 Å². The fourth-order valence-electron chi connectivity index (χ4n) is 4.42. The number of thiazole rings is 1. The van der Waals surface area contributed by atoms with Crippen LogP contribution < -0.4 is 5.32 Å². The summed E-state index contributed by atoms with van der Waals surface area (Å²) < 4.78 is 6.85. The van der Waals surface area contributed by atoms with Crippen molar-refractivity contribution in [3.63, 3.8) is 0 Å². The van der Waals surface area contributed by atoms with E-state index in [1.807, 2.05) is 56.3 Å². The minimum absolute atomic E-state index is 0.0151. The van der Waals surface area contributed by atoms with Gasteiger partial charge in [-0.3, -0.25) is 9.59 Å². The van der Waals surface area contributed by atoms with Crippen molar-refractivity contribution in [3.8, 4) is 0 Å². The number of furan rings is 1. The van der Waals surface area contributed by atoms with Crippen LogP contribution in [0.5, 0.6) is 0 Å². The highest BCUT2D eigenvalue weighted by Gasteiger charge is 2.36. The molecule has 1 saturated heterocycles. The lowest BCUT2D eigenvalue weighted by Gasteiger charge is -2.38. The Morgan fingerprint density at radius 2 is 1.97 bits per heavy atom. The lowest BCUT2D eigenvalue weighted by molar-refractivity contribution is -0.131. The topological polar surface area (TPSA) is 95.7 Å². The fourth-order valence-corrected chi connectivity index (χ4v) is 5.33. The van der Waals surface area contributed by atoms with Gasteiger partial charge in [-0.05, 0) is 62.6 Å². The Balaban J connectivity index is 1.27. The Morgan fingerprint density at radius 3 is 2.71 bits per heavy atom. The van der Waals surface area contributed by atoms with Crippen molar-refractivity contribution in [1.29, 1.82) is 0 Å². The smallest absolute Gasteiger partial charge is 0.287 e. The van der Waals surface area contributed by atoms with E-state index in [4.69, 9.17) is 4.42 Å². The number of aromatic nitrogens is 1. The van der Waals surface area contributed by atoms with Crippen LogP contribution in [-0.2, 0) is 16.9 Å². The van der Waals surface area contributed by atoms with Gasteiger partial charge in [0.25, 0.3) is 5.91 Å². The van der Waals surface area contributed by atoms with E-state index >= 15 is 0 Å². The number of carbonyl (C=O) groups excluding carboxylic acids is 2. The van der Waals surface area contributed by atoms with Crippen LogP contribution in [0, 0.1) is 0 Å². The van der Waals surface area contributed by atoms with E-state index in [1.165, 1.54) is 0 Å². The molecule has 7 nitrogen and oxygen atoms in total. The summed E-state index contributed by atoms with van der Waals surface area (Å²) in [5, 5.41) is 15.8. The largest absolute Gasteiger partial charge is 0.451 e. The minimum Gasteiger partial charge on any atom is -0.451 e. The van der Waals surface area contributed by atoms with Crippen molar-refractivity contribution in [2.45, 2.75) is 38.8 Å². The van der Waals surface area contributed by atoms with E-state index in [1.54, 1.807) is 28.4 Å². The Bertz CT molecular complexity index is 1410. The van der Waals surface area contributed by atoms with Crippen molar-refractivity contribution >= 4 is 44.3 Å². The standard InChI is InChI=1S/C27H27N3O4S/c1-3-17(2)26(32)30-12-10-27(33,11-13-30)19-8-9-21-18(14-19)15-22(34-21)25(31)28-16-24-29-20-6-4-5-7-23(20)35-24/h3-9,14-15,33H,10-13,16H2,1-2H3,(H,28,31). The zero-order valence-corrected chi connectivity index (χ0v) is 20.5. The molecule has 2 aromatic heterocycles. The molecule has 0 spiro atoms. The minimum atomic E-state index is -1.03. The third-order valence-electron chi connectivity index (χ3n) is 6.66. The Labute approximate surface area is 207 Å². The summed E-state index contributed by atoms with van der Waals surface area (Å²) in [6.07, 6.45) is 2.71. The van der Waals surface area contributed by atoms with Crippen LogP contribution in [0.3, 0.4) is 0 Å². The molecule has 2 aromatic carbocycles. The third-order valence-corrected chi connectivity index (χ3v) is 7.70. The number of allylic oxidation sites excluding steroid dienone is 1. The van der Waals surface area contributed by atoms with E-state index in [-0.39, 0.29) is 17.6 Å². The lowest BCUT2D eigenvalue weighted by atomic mass is 9.84. The first-order chi connectivity index (χ1) is 16.9. The zero-order chi connectivity index (χ0) is 24.6. The van der Waals surface area contributed by atoms with Crippen LogP contribution in [0.4, 0.5) is 0 Å². The van der Waals surface area contributed by atoms with Crippen LogP contribution in [0.15, 0.2) is 64.6 Å². The molecule has 0 unspecified atom stereocenters. The summed E-state index contributed by atoms with van der Waals surface area (Å²) in [5.41, 5.74) is 1.95. The highest BCUT2D eigenvalue weighted by atomic mass is 32.1. The van der Waals surface area contributed by atoms with E-state index in [0.29, 0.717) is 43.6 Å². The van der Waals surface area contributed by atoms with Crippen molar-refractivity contribution in [2.24, 2.45) is 0 Å². The zero-order valence-electron chi connectivity index (χ0n) is 19.7. The Hall–Kier alpha value is -3.49. The SMILES string of the molecule is CC=C(C)C(=O)N1CCC(O)(c2ccc3oc(C(=O)NCc4nc5ccccc5s4)cc3c2)CC1. The van der Waals surface area contributed by atoms with Gasteiger partial charge < -0.3 is 19.7 Å². The first kappa shape index (κ1) is 23.3. The van der Waals surface area contributed by atoms with Gasteiger partial charge in [0.15, 0.2) is 5.76 Å². The second-order valence-electron chi connectivity index (χ2n) is 8.92. The molecule has 0 bridgehead atoms. The molecule has 0 atom stereocenters. The van der Waals surface area contributed by atoms with Crippen LogP contribution >= 0.6 is 11.3 Å². The van der Waals surface area contributed by atoms with Gasteiger partial charge in [-0.15, -0.1) is 11.3 Å². The number of aliphatic hydroxyl groups is 1. The van der Waals surface area contributed by atoms with Gasteiger partial charge in [-0.1, -0.05) is 24.3 Å². The Kier molecular flexibility index (Phi) is 6.17. The van der Waals surface area contributed by atoms with Crippen LogP contribution in [0.2, 0.25) is 0 Å². The number of fused-ring (bicyclic) bond motifs is 2. The molecule has 0 saturated carbocycles. The molecule has 1 aliphatic heterocycles. The first-order valence-electron chi connectivity index (χ1n) is 11.7. The summed E-state index contributed by atoms with van der Waals surface area (Å²) in [6, 6.07) is 15.1. The molecular formula is C27H27N3O4S. The molecular weight excluding hydrogens is 462 g/mol. The van der Waals surface area contributed by atoms with E-state index in [2.05, 4.69) is 10.3 Å². The Morgan fingerprint density at radius 1 is 1.20 bits per heavy atom. The third kappa shape index (κ3) is 4.59. The molecule has 2 N–H and O–H groups in total. The fraction of sp³-hybridized carbons (Fsp3) is 0.296. The van der Waals surface area contributed by atoms with Gasteiger partial charge in [-0.2, -0.15) is 0 Å². The maximum atomic E-state index is 12.7. The molecule has 0 aliphatic carbocycles. The second kappa shape index (κ2) is 9.28. The second-order valence-corrected chi connectivity index (χ2v) is 10.0. The number of benzene rings is 2. The van der Waals surface area contributed by atoms with Gasteiger partial charge in [0.1, 0.15) is 10.6 Å². The number of hydrogen-bond donors (Lipinski definition) is 2. The van der Waals surface area contributed by atoms with Gasteiger partial charge in [-0.25, -0.2) is 4.98 Å². The number of rotatable bonds is 5. The van der Waals surface area contributed by atoms with Crippen LogP contribution in [0.1, 0.15) is 47.8 Å². The monoisotopic (exact) mass is 489 g/mol. The molecule has 180 valence electrons. The van der Waals surface area contributed by atoms with Gasteiger partial charge in [0, 0.05) is 24.0 Å². The van der Waals surface area contributed by atoms with E-state index in [0.717, 1.165) is 26.2 Å². The summed E-state index contributed by atoms with van der Waals surface area (Å²) in [7, 11) is 0. The number of carbonyl (C=O) groups is 2. The number of hydrogen-bond acceptors (Lipinski definition) is 6. The van der Waals surface area contributed by atoms with E-state index < -0.39 is 5.60 Å². The van der Waals surface area contributed by atoms with E-state index in [9.17, 15) is 14.7 Å². The quantitative estimate of drug-likeness (QED) is 0.395. The predicted octanol–water partition coefficient (Wildman–Crippen LogP) is 4.75. The summed E-state index contributed by atoms with van der Waals surface area (Å²) in [4.78, 5) is 31.5. The molecule has 2 amide bonds. The number of amides is 2. The average molecular weight is 490 g/mol. The maximum absolute atomic E-state index is 12.7. The molecule has 4 aromatic rings. The predicted molar refractivity (Wildman–Crippen MR) is 136 cm³/mol. The molecule has 8 heteroatoms. The lowest BCUT2D eigenvalue weighted by Crippen LogP contribution is -2.45. The number of nitrogens with zero attached hydrogens (tertiary/aromatic N) is 2. The number of likely N-dealkylation sites (tertiary alicyclic amines) is 1. The summed E-state index contributed by atoms with van der Waals surface area (Å²) >= 11 is 1.55. The number of para-hydroxylation sites is 1. The van der Waals surface area contributed by atoms with Crippen molar-refractivity contribution in [2.75, 3.05) is 13.1 Å². The van der Waals surface area contributed by atoms with Gasteiger partial charge in [0.05, 0.1) is 22.4 Å². The van der Waals surface area contributed by atoms with Gasteiger partial charge >= 0.3 is 0 Å². The normalized spacial score (nSPS) is 16.1.